The minimum absolute atomic E-state index is 0.361. The van der Waals surface area contributed by atoms with Crippen LogP contribution in [0.25, 0.3) is 0 Å². The van der Waals surface area contributed by atoms with Crippen molar-refractivity contribution in [1.29, 1.82) is 0 Å². The normalized spacial score (nSPS) is 12.6. The van der Waals surface area contributed by atoms with Gasteiger partial charge in [0.25, 0.3) is 0 Å². The van der Waals surface area contributed by atoms with E-state index < -0.39 is 0 Å². The first kappa shape index (κ1) is 15.1. The van der Waals surface area contributed by atoms with Crippen LogP contribution in [0.2, 0.25) is 0 Å². The summed E-state index contributed by atoms with van der Waals surface area (Å²) in [5.41, 5.74) is 4.01. The quantitative estimate of drug-likeness (QED) is 0.826. The molecule has 0 saturated carbocycles. The van der Waals surface area contributed by atoms with Crippen molar-refractivity contribution >= 4 is 11.8 Å². The lowest BCUT2D eigenvalue weighted by atomic mass is 10.0. The van der Waals surface area contributed by atoms with E-state index in [0.29, 0.717) is 6.04 Å². The second kappa shape index (κ2) is 6.95. The predicted molar refractivity (Wildman–Crippen MR) is 86.3 cm³/mol. The van der Waals surface area contributed by atoms with Crippen molar-refractivity contribution in [2.24, 2.45) is 7.05 Å². The first-order valence-corrected chi connectivity index (χ1v) is 8.00. The molecular formula is C16H23N3S. The number of benzene rings is 1. The number of imidazole rings is 1. The fourth-order valence-electron chi connectivity index (χ4n) is 2.38. The third-order valence-corrected chi connectivity index (χ3v) is 4.40. The topological polar surface area (TPSA) is 29.9 Å². The van der Waals surface area contributed by atoms with E-state index in [1.165, 1.54) is 16.7 Å². The number of rotatable bonds is 6. The first-order chi connectivity index (χ1) is 9.60. The molecule has 20 heavy (non-hydrogen) atoms. The van der Waals surface area contributed by atoms with E-state index >= 15 is 0 Å². The maximum absolute atomic E-state index is 4.37. The molecule has 0 spiro atoms. The van der Waals surface area contributed by atoms with E-state index in [9.17, 15) is 0 Å². The molecule has 1 aromatic heterocycles. The van der Waals surface area contributed by atoms with Crippen molar-refractivity contribution < 1.29 is 0 Å². The zero-order chi connectivity index (χ0) is 14.5. The average molecular weight is 289 g/mol. The van der Waals surface area contributed by atoms with Crippen molar-refractivity contribution in [3.05, 3.63) is 47.3 Å². The van der Waals surface area contributed by atoms with Crippen molar-refractivity contribution in [3.8, 4) is 0 Å². The Morgan fingerprint density at radius 3 is 2.50 bits per heavy atom. The summed E-state index contributed by atoms with van der Waals surface area (Å²) in [5, 5.41) is 4.64. The molecule has 0 radical (unpaired) electrons. The van der Waals surface area contributed by atoms with Gasteiger partial charge in [-0.1, -0.05) is 48.0 Å². The van der Waals surface area contributed by atoms with Gasteiger partial charge in [-0.25, -0.2) is 4.98 Å². The molecule has 0 aliphatic heterocycles. The molecule has 0 fully saturated rings. The molecule has 1 aromatic carbocycles. The molecule has 3 nitrogen and oxygen atoms in total. The highest BCUT2D eigenvalue weighted by molar-refractivity contribution is 7.99. The lowest BCUT2D eigenvalue weighted by Gasteiger charge is -2.19. The Kier molecular flexibility index (Phi) is 5.26. The predicted octanol–water partition coefficient (Wildman–Crippen LogP) is 3.48. The van der Waals surface area contributed by atoms with Gasteiger partial charge >= 0.3 is 0 Å². The van der Waals surface area contributed by atoms with Crippen LogP contribution in [0.15, 0.2) is 35.7 Å². The third-order valence-electron chi connectivity index (χ3n) is 3.25. The molecule has 1 atom stereocenters. The fraction of sp³-hybridized carbons (Fsp3) is 0.438. The maximum Gasteiger partial charge on any atom is 0.167 e. The average Bonchev–Trinajstić information content (AvgIpc) is 2.79. The summed E-state index contributed by atoms with van der Waals surface area (Å²) in [6.45, 7) is 7.44. The number of aromatic nitrogens is 2. The first-order valence-electron chi connectivity index (χ1n) is 7.02. The number of nitrogens with one attached hydrogen (secondary N) is 1. The van der Waals surface area contributed by atoms with E-state index in [4.69, 9.17) is 0 Å². The van der Waals surface area contributed by atoms with Crippen LogP contribution >= 0.6 is 11.8 Å². The van der Waals surface area contributed by atoms with Gasteiger partial charge in [0.2, 0.25) is 0 Å². The molecule has 108 valence electrons. The summed E-state index contributed by atoms with van der Waals surface area (Å²) in [6.07, 6.45) is 3.84. The van der Waals surface area contributed by atoms with Gasteiger partial charge < -0.3 is 9.88 Å². The molecule has 2 aromatic rings. The molecule has 0 bridgehead atoms. The number of aryl methyl sites for hydroxylation is 3. The van der Waals surface area contributed by atoms with Crippen molar-refractivity contribution in [2.45, 2.75) is 32.0 Å². The van der Waals surface area contributed by atoms with Gasteiger partial charge in [0, 0.05) is 31.2 Å². The van der Waals surface area contributed by atoms with Crippen LogP contribution in [0, 0.1) is 13.8 Å². The van der Waals surface area contributed by atoms with E-state index in [2.05, 4.69) is 53.8 Å². The lowest BCUT2D eigenvalue weighted by Crippen LogP contribution is -2.23. The van der Waals surface area contributed by atoms with Crippen LogP contribution in [0.3, 0.4) is 0 Å². The number of thioether (sulfide) groups is 1. The largest absolute Gasteiger partial charge is 0.329 e. The molecule has 0 saturated heterocycles. The van der Waals surface area contributed by atoms with E-state index in [-0.39, 0.29) is 0 Å². The molecule has 2 rings (SSSR count). The number of hydrogen-bond acceptors (Lipinski definition) is 3. The SMILES string of the molecule is CCNC(CSc1nccn1C)c1cc(C)cc(C)c1. The molecule has 0 aliphatic carbocycles. The maximum atomic E-state index is 4.37. The van der Waals surface area contributed by atoms with Crippen molar-refractivity contribution in [3.63, 3.8) is 0 Å². The summed E-state index contributed by atoms with van der Waals surface area (Å²) >= 11 is 1.80. The Balaban J connectivity index is 2.12. The zero-order valence-electron chi connectivity index (χ0n) is 12.7. The van der Waals surface area contributed by atoms with Crippen LogP contribution in [0.5, 0.6) is 0 Å². The van der Waals surface area contributed by atoms with Gasteiger partial charge in [-0.3, -0.25) is 0 Å². The summed E-state index contributed by atoms with van der Waals surface area (Å²) in [5.74, 6) is 0.988. The highest BCUT2D eigenvalue weighted by atomic mass is 32.2. The van der Waals surface area contributed by atoms with Gasteiger partial charge in [-0.05, 0) is 26.0 Å². The monoisotopic (exact) mass is 289 g/mol. The van der Waals surface area contributed by atoms with Crippen LogP contribution in [-0.2, 0) is 7.05 Å². The summed E-state index contributed by atoms with van der Waals surface area (Å²) in [4.78, 5) is 4.37. The molecule has 1 heterocycles. The van der Waals surface area contributed by atoms with E-state index in [1.807, 2.05) is 19.4 Å². The highest BCUT2D eigenvalue weighted by Crippen LogP contribution is 2.24. The summed E-state index contributed by atoms with van der Waals surface area (Å²) in [7, 11) is 2.04. The van der Waals surface area contributed by atoms with Crippen LogP contribution in [-0.4, -0.2) is 21.8 Å². The molecular weight excluding hydrogens is 266 g/mol. The highest BCUT2D eigenvalue weighted by Gasteiger charge is 2.13. The lowest BCUT2D eigenvalue weighted by molar-refractivity contribution is 0.604. The second-order valence-electron chi connectivity index (χ2n) is 5.16. The van der Waals surface area contributed by atoms with Crippen molar-refractivity contribution in [1.82, 2.24) is 14.9 Å². The number of nitrogens with zero attached hydrogens (tertiary/aromatic N) is 2. The Labute approximate surface area is 125 Å². The van der Waals surface area contributed by atoms with Crippen LogP contribution in [0.1, 0.15) is 29.7 Å². The number of hydrogen-bond donors (Lipinski definition) is 1. The minimum atomic E-state index is 0.361. The Morgan fingerprint density at radius 1 is 1.25 bits per heavy atom. The van der Waals surface area contributed by atoms with Crippen LogP contribution < -0.4 is 5.32 Å². The van der Waals surface area contributed by atoms with Gasteiger partial charge in [0.05, 0.1) is 0 Å². The molecule has 4 heteroatoms. The summed E-state index contributed by atoms with van der Waals surface area (Å²) in [6, 6.07) is 7.14. The Hall–Kier alpha value is -1.26. The van der Waals surface area contributed by atoms with E-state index in [0.717, 1.165) is 17.5 Å². The Morgan fingerprint density at radius 2 is 1.95 bits per heavy atom. The molecule has 1 N–H and O–H groups in total. The fourth-order valence-corrected chi connectivity index (χ4v) is 3.41. The smallest absolute Gasteiger partial charge is 0.167 e. The zero-order valence-corrected chi connectivity index (χ0v) is 13.5. The van der Waals surface area contributed by atoms with E-state index in [1.54, 1.807) is 11.8 Å². The van der Waals surface area contributed by atoms with Gasteiger partial charge in [-0.2, -0.15) is 0 Å². The summed E-state index contributed by atoms with van der Waals surface area (Å²) < 4.78 is 2.06. The van der Waals surface area contributed by atoms with Crippen LogP contribution in [0.4, 0.5) is 0 Å². The molecule has 0 amide bonds. The third kappa shape index (κ3) is 3.87. The molecule has 1 unspecified atom stereocenters. The molecule has 0 aliphatic rings. The Bertz CT molecular complexity index is 542. The van der Waals surface area contributed by atoms with Crippen molar-refractivity contribution in [2.75, 3.05) is 12.3 Å². The standard InChI is InChI=1S/C16H23N3S/c1-5-17-15(11-20-16-18-6-7-19(16)4)14-9-12(2)8-13(3)10-14/h6-10,15,17H,5,11H2,1-4H3. The van der Waals surface area contributed by atoms with Gasteiger partial charge in [0.15, 0.2) is 5.16 Å². The second-order valence-corrected chi connectivity index (χ2v) is 6.15. The minimum Gasteiger partial charge on any atom is -0.329 e. The van der Waals surface area contributed by atoms with Gasteiger partial charge in [0.1, 0.15) is 0 Å². The van der Waals surface area contributed by atoms with Gasteiger partial charge in [-0.15, -0.1) is 0 Å².